The van der Waals surface area contributed by atoms with Gasteiger partial charge in [-0.2, -0.15) is 4.99 Å². The molecule has 7 heteroatoms. The summed E-state index contributed by atoms with van der Waals surface area (Å²) in [6.45, 7) is -0.0208. The summed E-state index contributed by atoms with van der Waals surface area (Å²) >= 11 is 4.54. The third-order valence-corrected chi connectivity index (χ3v) is 3.26. The molecule has 0 bridgehead atoms. The van der Waals surface area contributed by atoms with E-state index >= 15 is 0 Å². The van der Waals surface area contributed by atoms with Gasteiger partial charge in [0.05, 0.1) is 17.5 Å². The van der Waals surface area contributed by atoms with Gasteiger partial charge in [0.15, 0.2) is 0 Å². The Morgan fingerprint density at radius 2 is 2.05 bits per heavy atom. The second kappa shape index (κ2) is 6.90. The number of nitrogens with zero attached hydrogens (tertiary/aromatic N) is 1. The Morgan fingerprint density at radius 1 is 1.30 bits per heavy atom. The van der Waals surface area contributed by atoms with Crippen molar-refractivity contribution in [2.24, 2.45) is 4.99 Å². The van der Waals surface area contributed by atoms with Gasteiger partial charge >= 0.3 is 0 Å². The fourth-order valence-electron chi connectivity index (χ4n) is 2.10. The van der Waals surface area contributed by atoms with Crippen molar-refractivity contribution in [3.63, 3.8) is 0 Å². The van der Waals surface area contributed by atoms with E-state index in [0.29, 0.717) is 12.2 Å². The summed E-state index contributed by atoms with van der Waals surface area (Å²) in [5.41, 5.74) is 1.46. The van der Waals surface area contributed by atoms with Crippen LogP contribution in [0.5, 0.6) is 0 Å². The van der Waals surface area contributed by atoms with Crippen LogP contribution in [0.25, 0.3) is 0 Å². The summed E-state index contributed by atoms with van der Waals surface area (Å²) in [7, 11) is 0. The van der Waals surface area contributed by atoms with Crippen molar-refractivity contribution >= 4 is 28.8 Å². The van der Waals surface area contributed by atoms with Crippen molar-refractivity contribution < 1.29 is 20.1 Å². The van der Waals surface area contributed by atoms with Crippen molar-refractivity contribution in [2.45, 2.75) is 24.4 Å². The third-order valence-electron chi connectivity index (χ3n) is 3.17. The standard InChI is InChI=1S/C13H16N2O4S/c16-6-11-13(18)12(17)10(19-11)5-14-8-2-1-3-9(4-8)15-7-20/h1-4,10-14,16-18H,5-6H2/t10-,11+,12+,13-/m0/s1. The van der Waals surface area contributed by atoms with E-state index in [1.54, 1.807) is 12.1 Å². The fourth-order valence-corrected chi connectivity index (χ4v) is 2.21. The number of hydrogen-bond donors (Lipinski definition) is 4. The average Bonchev–Trinajstić information content (AvgIpc) is 2.73. The highest BCUT2D eigenvalue weighted by atomic mass is 32.1. The molecule has 0 aromatic heterocycles. The Hall–Kier alpha value is -1.34. The van der Waals surface area contributed by atoms with E-state index in [2.05, 4.69) is 27.7 Å². The topological polar surface area (TPSA) is 94.3 Å². The predicted octanol–water partition coefficient (Wildman–Crippen LogP) is 0.314. The van der Waals surface area contributed by atoms with Gasteiger partial charge in [0.1, 0.15) is 24.4 Å². The van der Waals surface area contributed by atoms with Crippen LogP contribution in [0.15, 0.2) is 29.3 Å². The zero-order valence-corrected chi connectivity index (χ0v) is 11.5. The molecule has 0 saturated carbocycles. The van der Waals surface area contributed by atoms with E-state index in [9.17, 15) is 10.2 Å². The Balaban J connectivity index is 1.95. The molecule has 1 aromatic rings. The van der Waals surface area contributed by atoms with E-state index in [1.807, 2.05) is 12.1 Å². The second-order valence-electron chi connectivity index (χ2n) is 4.51. The molecule has 2 rings (SSSR count). The van der Waals surface area contributed by atoms with E-state index in [4.69, 9.17) is 9.84 Å². The molecule has 0 amide bonds. The van der Waals surface area contributed by atoms with Crippen LogP contribution in [-0.2, 0) is 4.74 Å². The van der Waals surface area contributed by atoms with Gasteiger partial charge in [-0.15, -0.1) is 0 Å². The number of rotatable bonds is 5. The van der Waals surface area contributed by atoms with Gasteiger partial charge in [-0.3, -0.25) is 0 Å². The largest absolute Gasteiger partial charge is 0.394 e. The zero-order chi connectivity index (χ0) is 14.5. The number of aliphatic hydroxyl groups excluding tert-OH is 3. The van der Waals surface area contributed by atoms with Gasteiger partial charge in [-0.1, -0.05) is 6.07 Å². The maximum absolute atomic E-state index is 9.81. The summed E-state index contributed by atoms with van der Waals surface area (Å²) in [5, 5.41) is 33.8. The molecule has 0 aliphatic carbocycles. The van der Waals surface area contributed by atoms with Gasteiger partial charge in [0.2, 0.25) is 0 Å². The molecule has 4 N–H and O–H groups in total. The van der Waals surface area contributed by atoms with Crippen LogP contribution < -0.4 is 5.32 Å². The molecule has 108 valence electrons. The van der Waals surface area contributed by atoms with Crippen LogP contribution in [0.3, 0.4) is 0 Å². The molecule has 4 atom stereocenters. The summed E-state index contributed by atoms with van der Waals surface area (Å²) < 4.78 is 5.37. The van der Waals surface area contributed by atoms with Crippen LogP contribution in [0, 0.1) is 0 Å². The molecular weight excluding hydrogens is 280 g/mol. The minimum Gasteiger partial charge on any atom is -0.394 e. The summed E-state index contributed by atoms with van der Waals surface area (Å²) in [5.74, 6) is 0. The maximum Gasteiger partial charge on any atom is 0.111 e. The molecule has 20 heavy (non-hydrogen) atoms. The fraction of sp³-hybridized carbons (Fsp3) is 0.462. The Kier molecular flexibility index (Phi) is 5.19. The third kappa shape index (κ3) is 3.40. The average molecular weight is 296 g/mol. The lowest BCUT2D eigenvalue weighted by Crippen LogP contribution is -2.36. The summed E-state index contributed by atoms with van der Waals surface area (Å²) in [6, 6.07) is 7.21. The number of anilines is 1. The van der Waals surface area contributed by atoms with Crippen molar-refractivity contribution in [2.75, 3.05) is 18.5 Å². The van der Waals surface area contributed by atoms with Crippen LogP contribution in [-0.4, -0.2) is 58.0 Å². The highest BCUT2D eigenvalue weighted by molar-refractivity contribution is 7.78. The summed E-state index contributed by atoms with van der Waals surface area (Å²) in [4.78, 5) is 3.87. The van der Waals surface area contributed by atoms with Gasteiger partial charge in [0, 0.05) is 12.2 Å². The quantitative estimate of drug-likeness (QED) is 0.462. The number of ether oxygens (including phenoxy) is 1. The summed E-state index contributed by atoms with van der Waals surface area (Å²) in [6.07, 6.45) is -3.43. The molecule has 1 heterocycles. The van der Waals surface area contributed by atoms with Crippen LogP contribution in [0.2, 0.25) is 0 Å². The molecule has 1 fully saturated rings. The van der Waals surface area contributed by atoms with E-state index in [-0.39, 0.29) is 6.61 Å². The zero-order valence-electron chi connectivity index (χ0n) is 10.6. The van der Waals surface area contributed by atoms with Crippen molar-refractivity contribution in [1.29, 1.82) is 0 Å². The first-order chi connectivity index (χ1) is 9.65. The van der Waals surface area contributed by atoms with Crippen LogP contribution in [0.4, 0.5) is 11.4 Å². The molecule has 0 spiro atoms. The number of hydrogen-bond acceptors (Lipinski definition) is 7. The minimum atomic E-state index is -1.07. The molecule has 6 nitrogen and oxygen atoms in total. The van der Waals surface area contributed by atoms with Crippen molar-refractivity contribution in [1.82, 2.24) is 0 Å². The first-order valence-electron chi connectivity index (χ1n) is 6.20. The molecule has 1 aliphatic heterocycles. The van der Waals surface area contributed by atoms with Gasteiger partial charge in [0.25, 0.3) is 0 Å². The Bertz CT molecular complexity index is 507. The minimum absolute atomic E-state index is 0.305. The number of aliphatic imine (C=N–C) groups is 1. The number of nitrogens with one attached hydrogen (secondary N) is 1. The second-order valence-corrected chi connectivity index (χ2v) is 4.69. The molecule has 1 saturated heterocycles. The molecule has 1 aromatic carbocycles. The number of aliphatic hydroxyl groups is 3. The van der Waals surface area contributed by atoms with Crippen molar-refractivity contribution in [3.05, 3.63) is 24.3 Å². The number of thiocarbonyl (C=S) groups is 1. The lowest BCUT2D eigenvalue weighted by Gasteiger charge is -2.16. The van der Waals surface area contributed by atoms with E-state index < -0.39 is 24.4 Å². The first kappa shape index (κ1) is 15.1. The van der Waals surface area contributed by atoms with E-state index in [1.165, 1.54) is 0 Å². The lowest BCUT2D eigenvalue weighted by atomic mass is 10.1. The SMILES string of the molecule is OC[C@H]1O[C@@H](CNc2cccc(N=C=S)c2)[C@@H](O)[C@H]1O. The number of isothiocyanates is 1. The Labute approximate surface area is 121 Å². The number of benzene rings is 1. The van der Waals surface area contributed by atoms with Gasteiger partial charge < -0.3 is 25.4 Å². The highest BCUT2D eigenvalue weighted by Crippen LogP contribution is 2.22. The normalized spacial score (nSPS) is 28.9. The maximum atomic E-state index is 9.81. The van der Waals surface area contributed by atoms with Crippen molar-refractivity contribution in [3.8, 4) is 0 Å². The lowest BCUT2D eigenvalue weighted by molar-refractivity contribution is -0.0184. The van der Waals surface area contributed by atoms with Crippen LogP contribution in [0.1, 0.15) is 0 Å². The molecule has 0 unspecified atom stereocenters. The predicted molar refractivity (Wildman–Crippen MR) is 77.4 cm³/mol. The van der Waals surface area contributed by atoms with Gasteiger partial charge in [-0.25, -0.2) is 0 Å². The smallest absolute Gasteiger partial charge is 0.111 e. The van der Waals surface area contributed by atoms with Gasteiger partial charge in [-0.05, 0) is 30.4 Å². The monoisotopic (exact) mass is 296 g/mol. The molecule has 0 radical (unpaired) electrons. The molecular formula is C13H16N2O4S. The first-order valence-corrected chi connectivity index (χ1v) is 6.61. The van der Waals surface area contributed by atoms with Crippen LogP contribution >= 0.6 is 12.2 Å². The molecule has 1 aliphatic rings. The highest BCUT2D eigenvalue weighted by Gasteiger charge is 2.41. The Morgan fingerprint density at radius 3 is 2.70 bits per heavy atom. The van der Waals surface area contributed by atoms with E-state index in [0.717, 1.165) is 5.69 Å².